The van der Waals surface area contributed by atoms with Crippen LogP contribution in [-0.4, -0.2) is 46.7 Å². The first kappa shape index (κ1) is 41.8. The van der Waals surface area contributed by atoms with Gasteiger partial charge < -0.3 is 25.5 Å². The second-order valence-corrected chi connectivity index (χ2v) is 10.00. The second kappa shape index (κ2) is 17.1. The smallest absolute Gasteiger partial charge is 0.870 e. The third-order valence-electron chi connectivity index (χ3n) is 8.43. The van der Waals surface area contributed by atoms with E-state index in [4.69, 9.17) is 4.74 Å². The number of ether oxygens (including phenoxy) is 1. The average molecular weight is 641 g/mol. The van der Waals surface area contributed by atoms with Crippen LogP contribution in [0.4, 0.5) is 4.79 Å². The van der Waals surface area contributed by atoms with Crippen LogP contribution in [0, 0.1) is 0 Å². The van der Waals surface area contributed by atoms with Crippen LogP contribution >= 0.6 is 54.0 Å². The van der Waals surface area contributed by atoms with Crippen LogP contribution in [0.3, 0.4) is 0 Å². The Morgan fingerprint density at radius 1 is 0.872 bits per heavy atom. The minimum Gasteiger partial charge on any atom is -0.870 e. The van der Waals surface area contributed by atoms with Crippen LogP contribution < -0.4 is 56.7 Å². The molecule has 3 N–H and O–H groups in total. The van der Waals surface area contributed by atoms with Gasteiger partial charge in [0.25, 0.3) is 0 Å². The van der Waals surface area contributed by atoms with Gasteiger partial charge in [-0.2, -0.15) is 54.0 Å². The van der Waals surface area contributed by atoms with Crippen molar-refractivity contribution in [2.75, 3.05) is 13.1 Å². The first-order valence-corrected chi connectivity index (χ1v) is 12.2. The SMILES string of the molecule is C.O=C1O[C@]2(CCc3ccccc32)[C@@H]2CCCN12.O[C@@]1([C@@H]2CCCN2)CCc2ccccc21.S.S.S.S.[K+].[OH-]. The number of aryl methyl sites for hydroxylation is 2. The quantitative estimate of drug-likeness (QED) is 0.465. The predicted octanol–water partition coefficient (Wildman–Crippen LogP) is 1.93. The van der Waals surface area contributed by atoms with E-state index >= 15 is 0 Å². The predicted molar refractivity (Wildman–Crippen MR) is 173 cm³/mol. The second-order valence-electron chi connectivity index (χ2n) is 10.00. The molecule has 2 aromatic rings. The average Bonchev–Trinajstić information content (AvgIpc) is 3.62. The van der Waals surface area contributed by atoms with Crippen molar-refractivity contribution in [1.82, 2.24) is 10.2 Å². The maximum Gasteiger partial charge on any atom is 1.00 e. The van der Waals surface area contributed by atoms with Gasteiger partial charge in [-0.1, -0.05) is 56.0 Å². The number of rotatable bonds is 1. The Kier molecular flexibility index (Phi) is 18.3. The van der Waals surface area contributed by atoms with E-state index in [9.17, 15) is 9.90 Å². The number of amides is 1. The van der Waals surface area contributed by atoms with E-state index in [1.165, 1.54) is 23.1 Å². The number of nitrogens with zero attached hydrogens (tertiary/aromatic N) is 1. The van der Waals surface area contributed by atoms with Crippen LogP contribution in [0.2, 0.25) is 0 Å². The molecule has 1 spiro atoms. The van der Waals surface area contributed by atoms with Crippen LogP contribution in [0.25, 0.3) is 0 Å². The molecule has 7 rings (SSSR count). The summed E-state index contributed by atoms with van der Waals surface area (Å²) < 4.78 is 5.79. The molecule has 4 atom stereocenters. The Bertz CT molecular complexity index is 1060. The van der Waals surface area contributed by atoms with Crippen LogP contribution in [0.1, 0.15) is 68.2 Å². The van der Waals surface area contributed by atoms with E-state index in [0.29, 0.717) is 0 Å². The Hall–Kier alpha value is 0.626. The Labute approximate surface area is 304 Å². The van der Waals surface area contributed by atoms with Crippen LogP contribution in [-0.2, 0) is 28.8 Å². The molecule has 0 saturated carbocycles. The molecule has 0 aromatic heterocycles. The monoisotopic (exact) mass is 640 g/mol. The Balaban J connectivity index is 0. The molecule has 11 heteroatoms. The molecule has 3 heterocycles. The molecule has 5 aliphatic rings. The van der Waals surface area contributed by atoms with E-state index < -0.39 is 5.60 Å². The Morgan fingerprint density at radius 2 is 1.46 bits per heavy atom. The first-order chi connectivity index (χ1) is 15.6. The van der Waals surface area contributed by atoms with Crippen LogP contribution in [0.15, 0.2) is 48.5 Å². The number of benzene rings is 2. The van der Waals surface area contributed by atoms with Gasteiger partial charge in [0.1, 0.15) is 5.60 Å². The summed E-state index contributed by atoms with van der Waals surface area (Å²) in [5, 5.41) is 14.2. The fourth-order valence-corrected chi connectivity index (χ4v) is 6.89. The zero-order valence-corrected chi connectivity index (χ0v) is 29.1. The van der Waals surface area contributed by atoms with Gasteiger partial charge in [-0.25, -0.2) is 4.79 Å². The molecule has 6 nitrogen and oxygen atoms in total. The number of carbonyl (C=O) groups excluding carboxylic acids is 1. The summed E-state index contributed by atoms with van der Waals surface area (Å²) in [6, 6.07) is 17.3. The summed E-state index contributed by atoms with van der Waals surface area (Å²) >= 11 is 0. The molecule has 0 bridgehead atoms. The van der Waals surface area contributed by atoms with Gasteiger partial charge in [-0.3, -0.25) is 0 Å². The summed E-state index contributed by atoms with van der Waals surface area (Å²) in [5.74, 6) is 0. The summed E-state index contributed by atoms with van der Waals surface area (Å²) in [7, 11) is 0. The van der Waals surface area contributed by atoms with Crippen molar-refractivity contribution in [1.29, 1.82) is 0 Å². The molecule has 3 saturated heterocycles. The molecule has 3 fully saturated rings. The largest absolute Gasteiger partial charge is 1.00 e. The summed E-state index contributed by atoms with van der Waals surface area (Å²) in [5.41, 5.74) is 4.16. The minimum atomic E-state index is -0.604. The van der Waals surface area contributed by atoms with E-state index in [1.54, 1.807) is 0 Å². The van der Waals surface area contributed by atoms with Crippen molar-refractivity contribution in [3.8, 4) is 0 Å². The summed E-state index contributed by atoms with van der Waals surface area (Å²) in [4.78, 5) is 13.9. The third-order valence-corrected chi connectivity index (χ3v) is 8.43. The molecule has 0 unspecified atom stereocenters. The zero-order chi connectivity index (χ0) is 21.8. The standard InChI is InChI=1S/C14H15NO2.C13H17NO.CH4.K.H2O.4H2S/c16-13-15-9-3-6-12(15)14(17-13)8-7-10-4-1-2-5-11(10)14;15-13(12-6-3-9-14-12)8-7-10-4-1-2-5-11(10)13;;;;;;;/h1-2,4-5,12H,3,6-9H2;1-2,4-5,12,14-15H,3,6-9H2;1H4;;5*1H2/q;;;+1;;;;;/p-1/t12-,14-;12-,13-;;;;;;;/m00......./s1. The first-order valence-electron chi connectivity index (χ1n) is 12.2. The van der Waals surface area contributed by atoms with Crippen LogP contribution in [0.5, 0.6) is 0 Å². The minimum absolute atomic E-state index is 0. The van der Waals surface area contributed by atoms with E-state index in [2.05, 4.69) is 47.8 Å². The number of aliphatic hydroxyl groups is 1. The molecule has 0 radical (unpaired) electrons. The topological polar surface area (TPSA) is 91.8 Å². The van der Waals surface area contributed by atoms with Crippen molar-refractivity contribution in [2.45, 2.75) is 82.1 Å². The molecule has 39 heavy (non-hydrogen) atoms. The molecule has 3 aliphatic heterocycles. The Morgan fingerprint density at radius 3 is 2.10 bits per heavy atom. The normalized spacial score (nSPS) is 28.0. The number of fused-ring (bicyclic) bond motifs is 5. The molecule has 2 aromatic carbocycles. The van der Waals surface area contributed by atoms with E-state index in [0.717, 1.165) is 63.6 Å². The van der Waals surface area contributed by atoms with E-state index in [-0.39, 0.29) is 142 Å². The van der Waals surface area contributed by atoms with Crippen molar-refractivity contribution >= 4 is 60.1 Å². The number of carbonyl (C=O) groups is 1. The van der Waals surface area contributed by atoms with Gasteiger partial charge in [-0.15, -0.1) is 0 Å². The number of nitrogens with one attached hydrogen (secondary N) is 1. The van der Waals surface area contributed by atoms with Gasteiger partial charge in [-0.05, 0) is 74.6 Å². The summed E-state index contributed by atoms with van der Waals surface area (Å²) in [6.45, 7) is 1.92. The van der Waals surface area contributed by atoms with E-state index in [1.807, 2.05) is 11.0 Å². The molecular weight excluding hydrogens is 596 g/mol. The number of hydrogen-bond acceptors (Lipinski definition) is 5. The van der Waals surface area contributed by atoms with Crippen molar-refractivity contribution in [3.63, 3.8) is 0 Å². The number of hydrogen-bond donors (Lipinski definition) is 2. The van der Waals surface area contributed by atoms with Gasteiger partial charge in [0, 0.05) is 18.2 Å². The van der Waals surface area contributed by atoms with Gasteiger partial charge in [0.05, 0.1) is 6.04 Å². The maximum absolute atomic E-state index is 11.9. The van der Waals surface area contributed by atoms with Gasteiger partial charge >= 0.3 is 57.5 Å². The van der Waals surface area contributed by atoms with Gasteiger partial charge in [0.15, 0.2) is 5.60 Å². The van der Waals surface area contributed by atoms with Gasteiger partial charge in [0.2, 0.25) is 0 Å². The zero-order valence-electron chi connectivity index (χ0n) is 22.0. The third kappa shape index (κ3) is 7.24. The van der Waals surface area contributed by atoms with Crippen molar-refractivity contribution in [2.24, 2.45) is 0 Å². The van der Waals surface area contributed by atoms with Crippen molar-refractivity contribution < 1.29 is 71.5 Å². The fourth-order valence-electron chi connectivity index (χ4n) is 6.89. The fraction of sp³-hybridized carbons (Fsp3) is 0.536. The summed E-state index contributed by atoms with van der Waals surface area (Å²) in [6.07, 6.45) is 8.27. The molecular formula is C28H45KN2O4S4. The maximum atomic E-state index is 11.9. The molecule has 2 aliphatic carbocycles. The van der Waals surface area contributed by atoms with Crippen molar-refractivity contribution in [3.05, 3.63) is 70.8 Å². The molecule has 1 amide bonds. The molecule has 216 valence electrons.